The van der Waals surface area contributed by atoms with Gasteiger partial charge in [0.25, 0.3) is 8.32 Å². The highest BCUT2D eigenvalue weighted by Gasteiger charge is 2.52. The number of ether oxygens (including phenoxy) is 5. The summed E-state index contributed by atoms with van der Waals surface area (Å²) in [4.78, 5) is 19.1. The van der Waals surface area contributed by atoms with Crippen molar-refractivity contribution in [2.45, 2.75) is 109 Å². The number of nitrogens with zero attached hydrogens (tertiary/aromatic N) is 5. The molecule has 0 aliphatic carbocycles. The fourth-order valence-corrected chi connectivity index (χ4v) is 15.5. The lowest BCUT2D eigenvalue weighted by atomic mass is 9.93. The molecule has 0 spiro atoms. The normalized spacial score (nSPS) is 21.7. The maximum atomic E-state index is 17.7. The third-order valence-corrected chi connectivity index (χ3v) is 19.2. The van der Waals surface area contributed by atoms with Crippen LogP contribution in [0.2, 0.25) is 5.04 Å². The average Bonchev–Trinajstić information content (AvgIpc) is 3.69. The summed E-state index contributed by atoms with van der Waals surface area (Å²) in [6.45, 7) is 13.7. The smallest absolute Gasteiger partial charge is 0.319 e. The molecule has 4 atom stereocenters. The van der Waals surface area contributed by atoms with Gasteiger partial charge in [-0.3, -0.25) is 9.88 Å². The van der Waals surface area contributed by atoms with Crippen LogP contribution in [0.5, 0.6) is 11.8 Å². The topological polar surface area (TPSA) is 101 Å². The molecule has 3 fully saturated rings. The van der Waals surface area contributed by atoms with Crippen LogP contribution in [0.1, 0.15) is 78.7 Å². The zero-order valence-corrected chi connectivity index (χ0v) is 41.5. The van der Waals surface area contributed by atoms with Crippen LogP contribution in [0.3, 0.4) is 0 Å². The lowest BCUT2D eigenvalue weighted by molar-refractivity contribution is -0.221. The molecule has 0 radical (unpaired) electrons. The number of fused-ring (bicyclic) bond motifs is 2. The number of halogens is 2. The molecule has 0 bridgehead atoms. The van der Waals surface area contributed by atoms with Crippen LogP contribution in [0, 0.1) is 11.6 Å². The highest BCUT2D eigenvalue weighted by molar-refractivity contribution is 6.99. The Bertz CT molecular complexity index is 2670. The van der Waals surface area contributed by atoms with Crippen LogP contribution < -0.4 is 24.7 Å². The number of rotatable bonds is 15. The summed E-state index contributed by atoms with van der Waals surface area (Å²) >= 11 is 0. The van der Waals surface area contributed by atoms with Crippen LogP contribution in [0.15, 0.2) is 91.1 Å². The quantitative estimate of drug-likeness (QED) is 0.0727. The number of aryl methyl sites for hydroxylation is 1. The Labute approximate surface area is 400 Å². The molecule has 360 valence electrons. The van der Waals surface area contributed by atoms with Gasteiger partial charge in [0.05, 0.1) is 17.1 Å². The van der Waals surface area contributed by atoms with E-state index in [1.54, 1.807) is 24.4 Å². The van der Waals surface area contributed by atoms with Gasteiger partial charge in [-0.15, -0.1) is 0 Å². The molecule has 11 nitrogen and oxygen atoms in total. The Hall–Kier alpha value is -5.09. The number of piperidine rings is 1. The fourth-order valence-electron chi connectivity index (χ4n) is 10.8. The molecule has 0 saturated carbocycles. The van der Waals surface area contributed by atoms with Crippen LogP contribution in [0.4, 0.5) is 14.6 Å². The summed E-state index contributed by atoms with van der Waals surface area (Å²) in [6, 6.07) is 28.0. The fraction of sp³-hybridized carbons (Fsp3) is 0.463. The minimum atomic E-state index is -2.82. The highest BCUT2D eigenvalue weighted by Crippen LogP contribution is 2.42. The molecule has 68 heavy (non-hydrogen) atoms. The van der Waals surface area contributed by atoms with Gasteiger partial charge >= 0.3 is 6.01 Å². The molecule has 0 N–H and O–H groups in total. The number of benzene rings is 4. The molecular weight excluding hydrogens is 881 g/mol. The van der Waals surface area contributed by atoms with Crippen molar-refractivity contribution in [1.82, 2.24) is 19.9 Å². The third-order valence-electron chi connectivity index (χ3n) is 14.1. The summed E-state index contributed by atoms with van der Waals surface area (Å²) < 4.78 is 71.2. The number of methoxy groups -OCH3 is 1. The number of hydrogen-bond donors (Lipinski definition) is 0. The first kappa shape index (κ1) is 48.0. The van der Waals surface area contributed by atoms with Gasteiger partial charge in [0.15, 0.2) is 18.9 Å². The van der Waals surface area contributed by atoms with E-state index < -0.39 is 19.7 Å². The van der Waals surface area contributed by atoms with E-state index in [2.05, 4.69) is 105 Å². The summed E-state index contributed by atoms with van der Waals surface area (Å²) in [7, 11) is 0.808. The molecule has 5 heterocycles. The van der Waals surface area contributed by atoms with Crippen LogP contribution in [-0.2, 0) is 25.1 Å². The van der Waals surface area contributed by atoms with Gasteiger partial charge in [-0.1, -0.05) is 94.4 Å². The maximum absolute atomic E-state index is 17.7. The van der Waals surface area contributed by atoms with E-state index >= 15 is 8.78 Å². The van der Waals surface area contributed by atoms with Gasteiger partial charge in [0.1, 0.15) is 35.2 Å². The highest BCUT2D eigenvalue weighted by atomic mass is 28.4. The van der Waals surface area contributed by atoms with E-state index in [1.807, 2.05) is 6.92 Å². The second-order valence-electron chi connectivity index (χ2n) is 19.9. The second kappa shape index (κ2) is 20.1. The molecule has 3 aliphatic heterocycles. The van der Waals surface area contributed by atoms with E-state index in [9.17, 15) is 0 Å². The lowest BCUT2D eigenvalue weighted by Gasteiger charge is -2.44. The Morgan fingerprint density at radius 3 is 2.35 bits per heavy atom. The van der Waals surface area contributed by atoms with E-state index in [0.717, 1.165) is 38.5 Å². The van der Waals surface area contributed by atoms with Crippen molar-refractivity contribution in [3.05, 3.63) is 108 Å². The standard InChI is InChI=1S/C54H65F2N5O6Si/c1-8-42-45(55)24-23-36-28-38(65-35-62-7)30-43(47(36)42)49-48(56)50-44(31-57-49)51(61-26-17-25-54(5,34-61)66-46-22-15-16-27-63-46)59-52(58-50)64-33-37-29-39(32-60(37)6)67-68(53(2,3)4,40-18-11-9-12-19-40)41-20-13-10-14-21-41/h9-14,18-21,23-24,28,30-31,37,39,46H,8,15-17,22,25-27,29,32-35H2,1-7H3/t37-,39+,46?,54+/m0/s1. The third kappa shape index (κ3) is 9.60. The van der Waals surface area contributed by atoms with Crippen LogP contribution in [0.25, 0.3) is 32.9 Å². The van der Waals surface area contributed by atoms with Crippen molar-refractivity contribution in [1.29, 1.82) is 0 Å². The van der Waals surface area contributed by atoms with Gasteiger partial charge in [-0.25, -0.2) is 8.78 Å². The second-order valence-corrected chi connectivity index (χ2v) is 24.2. The number of hydrogen-bond acceptors (Lipinski definition) is 11. The molecule has 14 heteroatoms. The van der Waals surface area contributed by atoms with E-state index in [-0.39, 0.29) is 59.9 Å². The van der Waals surface area contributed by atoms with Gasteiger partial charge < -0.3 is 33.0 Å². The SMILES string of the molecule is CCc1c(F)ccc2cc(OCOC)cc(-c3ncc4c(N5CCC[C@@](C)(OC6CCCCO6)C5)nc(OC[C@@H]5C[C@@H](O[Si](c6ccccc6)(c6ccccc6)C(C)(C)C)CN5C)nc4c3F)c12. The summed E-state index contributed by atoms with van der Waals surface area (Å²) in [6.07, 6.45) is 6.97. The number of aromatic nitrogens is 3. The Kier molecular flexibility index (Phi) is 14.2. The van der Waals surface area contributed by atoms with E-state index in [1.165, 1.54) is 23.5 Å². The first-order valence-corrected chi connectivity index (χ1v) is 26.1. The summed E-state index contributed by atoms with van der Waals surface area (Å²) in [5.74, 6) is -0.101. The minimum Gasteiger partial charge on any atom is -0.468 e. The average molecular weight is 946 g/mol. The van der Waals surface area contributed by atoms with Crippen molar-refractivity contribution >= 4 is 46.2 Å². The molecule has 1 unspecified atom stereocenters. The molecule has 4 aromatic carbocycles. The lowest BCUT2D eigenvalue weighted by Crippen LogP contribution is -2.67. The number of likely N-dealkylation sites (N-methyl/N-ethyl adjacent to an activating group) is 1. The van der Waals surface area contributed by atoms with Gasteiger partial charge in [-0.05, 0) is 109 Å². The number of anilines is 1. The van der Waals surface area contributed by atoms with Crippen LogP contribution >= 0.6 is 0 Å². The van der Waals surface area contributed by atoms with Gasteiger partial charge in [-0.2, -0.15) is 9.97 Å². The molecule has 6 aromatic rings. The Morgan fingerprint density at radius 1 is 0.926 bits per heavy atom. The Balaban J connectivity index is 1.08. The monoisotopic (exact) mass is 945 g/mol. The first-order valence-electron chi connectivity index (χ1n) is 24.2. The molecule has 3 saturated heterocycles. The van der Waals surface area contributed by atoms with Crippen LogP contribution in [-0.4, -0.2) is 106 Å². The molecule has 3 aliphatic rings. The maximum Gasteiger partial charge on any atom is 0.319 e. The largest absolute Gasteiger partial charge is 0.468 e. The van der Waals surface area contributed by atoms with Gasteiger partial charge in [0.2, 0.25) is 0 Å². The number of likely N-dealkylation sites (tertiary alicyclic amines) is 1. The molecular formula is C54H65F2N5O6Si. The van der Waals surface area contributed by atoms with Crippen molar-refractivity contribution < 1.29 is 36.9 Å². The molecule has 9 rings (SSSR count). The summed E-state index contributed by atoms with van der Waals surface area (Å²) in [5, 5.41) is 3.98. The van der Waals surface area contributed by atoms with Crippen molar-refractivity contribution in [2.24, 2.45) is 0 Å². The predicted molar refractivity (Wildman–Crippen MR) is 266 cm³/mol. The van der Waals surface area contributed by atoms with Crippen molar-refractivity contribution in [2.75, 3.05) is 58.7 Å². The zero-order valence-electron chi connectivity index (χ0n) is 40.5. The Morgan fingerprint density at radius 2 is 1.68 bits per heavy atom. The summed E-state index contributed by atoms with van der Waals surface area (Å²) in [5.41, 5.74) is 0.368. The zero-order chi connectivity index (χ0) is 47.6. The van der Waals surface area contributed by atoms with Crippen molar-refractivity contribution in [3.63, 3.8) is 0 Å². The van der Waals surface area contributed by atoms with E-state index in [4.69, 9.17) is 43.1 Å². The minimum absolute atomic E-state index is 0.0152. The molecule has 0 amide bonds. The first-order chi connectivity index (χ1) is 32.8. The van der Waals surface area contributed by atoms with Gasteiger partial charge in [0, 0.05) is 51.2 Å². The van der Waals surface area contributed by atoms with E-state index in [0.29, 0.717) is 71.5 Å². The predicted octanol–water partition coefficient (Wildman–Crippen LogP) is 9.60. The van der Waals surface area contributed by atoms with Crippen molar-refractivity contribution in [3.8, 4) is 23.0 Å². The molecule has 2 aromatic heterocycles. The number of pyridine rings is 1.